The van der Waals surface area contributed by atoms with Crippen LogP contribution in [0, 0.1) is 10.1 Å². The number of carbonyl (C=O) groups is 1. The molecule has 0 bridgehead atoms. The van der Waals surface area contributed by atoms with E-state index in [0.29, 0.717) is 27.7 Å². The third-order valence-electron chi connectivity index (χ3n) is 4.38. The van der Waals surface area contributed by atoms with Gasteiger partial charge < -0.3 is 19.3 Å². The Morgan fingerprint density at radius 3 is 2.50 bits per heavy atom. The molecule has 2 aromatic carbocycles. The monoisotopic (exact) mass is 456 g/mol. The van der Waals surface area contributed by atoms with E-state index in [1.165, 1.54) is 38.5 Å². The molecular weight excluding hydrogens is 436 g/mol. The van der Waals surface area contributed by atoms with Crippen LogP contribution in [0.5, 0.6) is 11.5 Å². The first-order chi connectivity index (χ1) is 15.4. The number of nitrogens with zero attached hydrogens (tertiary/aromatic N) is 2. The highest BCUT2D eigenvalue weighted by Crippen LogP contribution is 2.42. The van der Waals surface area contributed by atoms with Crippen LogP contribution in [0.3, 0.4) is 0 Å². The summed E-state index contributed by atoms with van der Waals surface area (Å²) in [6.07, 6.45) is 1.65. The van der Waals surface area contributed by atoms with E-state index >= 15 is 0 Å². The van der Waals surface area contributed by atoms with Crippen molar-refractivity contribution in [3.05, 3.63) is 74.4 Å². The molecule has 3 rings (SSSR count). The summed E-state index contributed by atoms with van der Waals surface area (Å²) in [5, 5.41) is 21.9. The van der Waals surface area contributed by atoms with Gasteiger partial charge in [0.15, 0.2) is 11.5 Å². The quantitative estimate of drug-likeness (QED) is 0.358. The van der Waals surface area contributed by atoms with Gasteiger partial charge >= 0.3 is 5.97 Å². The second kappa shape index (κ2) is 10.0. The normalized spacial score (nSPS) is 15.8. The molecular formula is C22H20N2O7S. The Hall–Kier alpha value is -3.79. The Morgan fingerprint density at radius 1 is 1.19 bits per heavy atom. The lowest BCUT2D eigenvalue weighted by atomic mass is 10.1. The van der Waals surface area contributed by atoms with Crippen molar-refractivity contribution >= 4 is 40.2 Å². The van der Waals surface area contributed by atoms with Gasteiger partial charge in [-0.05, 0) is 31.2 Å². The number of esters is 1. The van der Waals surface area contributed by atoms with Crippen molar-refractivity contribution in [3.8, 4) is 11.5 Å². The molecule has 1 aliphatic heterocycles. The molecule has 1 N–H and O–H groups in total. The number of thioether (sulfide) groups is 1. The predicted octanol–water partition coefficient (Wildman–Crippen LogP) is 4.81. The molecule has 10 heteroatoms. The first kappa shape index (κ1) is 22.9. The zero-order chi connectivity index (χ0) is 23.3. The lowest BCUT2D eigenvalue weighted by Crippen LogP contribution is -2.12. The van der Waals surface area contributed by atoms with Gasteiger partial charge in [-0.1, -0.05) is 23.9 Å². The number of non-ortho nitro benzene ring substituents is 1. The van der Waals surface area contributed by atoms with Crippen molar-refractivity contribution in [2.45, 2.75) is 6.92 Å². The molecule has 0 atom stereocenters. The van der Waals surface area contributed by atoms with Crippen molar-refractivity contribution in [1.82, 2.24) is 0 Å². The summed E-state index contributed by atoms with van der Waals surface area (Å²) in [5.41, 5.74) is 0.847. The molecule has 166 valence electrons. The third kappa shape index (κ3) is 4.75. The van der Waals surface area contributed by atoms with Crippen LogP contribution >= 0.6 is 11.8 Å². The van der Waals surface area contributed by atoms with Crippen LogP contribution in [0.15, 0.2) is 63.7 Å². The molecule has 1 aliphatic rings. The lowest BCUT2D eigenvalue weighted by Gasteiger charge is -2.10. The van der Waals surface area contributed by atoms with E-state index in [4.69, 9.17) is 14.2 Å². The maximum absolute atomic E-state index is 12.5. The van der Waals surface area contributed by atoms with E-state index in [-0.39, 0.29) is 28.7 Å². The van der Waals surface area contributed by atoms with Crippen LogP contribution < -0.4 is 9.47 Å². The molecule has 0 unspecified atom stereocenters. The maximum Gasteiger partial charge on any atom is 0.344 e. The molecule has 2 aromatic rings. The fourth-order valence-corrected chi connectivity index (χ4v) is 3.95. The summed E-state index contributed by atoms with van der Waals surface area (Å²) >= 11 is 1.07. The van der Waals surface area contributed by atoms with E-state index in [1.807, 2.05) is 0 Å². The van der Waals surface area contributed by atoms with Gasteiger partial charge in [-0.15, -0.1) is 0 Å². The number of nitro groups is 1. The van der Waals surface area contributed by atoms with Gasteiger partial charge in [0.1, 0.15) is 16.4 Å². The molecule has 0 fully saturated rings. The molecule has 9 nitrogen and oxygen atoms in total. The van der Waals surface area contributed by atoms with Crippen LogP contribution in [0.1, 0.15) is 12.5 Å². The number of methoxy groups -OCH3 is 2. The number of nitro benzene ring substituents is 1. The number of ether oxygens (including phenoxy) is 3. The average molecular weight is 456 g/mol. The zero-order valence-electron chi connectivity index (χ0n) is 17.5. The van der Waals surface area contributed by atoms with E-state index in [0.717, 1.165) is 11.8 Å². The Balaban J connectivity index is 2.07. The molecule has 32 heavy (non-hydrogen) atoms. The number of hydrogen-bond donors (Lipinski definition) is 1. The molecule has 0 saturated carbocycles. The van der Waals surface area contributed by atoms with Crippen molar-refractivity contribution in [2.75, 3.05) is 20.8 Å². The van der Waals surface area contributed by atoms with Gasteiger partial charge in [0.05, 0.1) is 36.3 Å². The smallest absolute Gasteiger partial charge is 0.344 e. The Kier molecular flexibility index (Phi) is 7.16. The Bertz CT molecular complexity index is 1140. The van der Waals surface area contributed by atoms with Gasteiger partial charge in [0, 0.05) is 17.7 Å². The van der Waals surface area contributed by atoms with Crippen molar-refractivity contribution < 1.29 is 29.0 Å². The fourth-order valence-electron chi connectivity index (χ4n) is 2.92. The summed E-state index contributed by atoms with van der Waals surface area (Å²) < 4.78 is 15.8. The molecule has 1 heterocycles. The van der Waals surface area contributed by atoms with Gasteiger partial charge in [0.2, 0.25) is 0 Å². The highest BCUT2D eigenvalue weighted by Gasteiger charge is 2.33. The number of benzene rings is 2. The van der Waals surface area contributed by atoms with Crippen LogP contribution in [0.25, 0.3) is 6.08 Å². The highest BCUT2D eigenvalue weighted by atomic mass is 32.2. The third-order valence-corrected chi connectivity index (χ3v) is 5.40. The molecule has 0 spiro atoms. The number of aliphatic hydroxyl groups is 1. The molecule has 0 amide bonds. The minimum Gasteiger partial charge on any atom is -0.506 e. The first-order valence-corrected chi connectivity index (χ1v) is 10.3. The topological polar surface area (TPSA) is 120 Å². The van der Waals surface area contributed by atoms with Crippen LogP contribution in [-0.4, -0.2) is 41.9 Å². The molecule has 0 aliphatic carbocycles. The standard InChI is InChI=1S/C22H20N2O7S/c1-4-31-22(26)18-19(25)17(12-13-6-5-7-16(29-2)20(13)30-3)32-21(18)23-14-8-10-15(11-9-14)24(27)28/h5-12,25H,4H2,1-3H3/b17-12+,23-21?. The van der Waals surface area contributed by atoms with Gasteiger partial charge in [0.25, 0.3) is 5.69 Å². The zero-order valence-corrected chi connectivity index (χ0v) is 18.3. The lowest BCUT2D eigenvalue weighted by molar-refractivity contribution is -0.384. The van der Waals surface area contributed by atoms with Crippen molar-refractivity contribution in [1.29, 1.82) is 0 Å². The number of aliphatic imine (C=N–C) groups is 1. The van der Waals surface area contributed by atoms with Gasteiger partial charge in [-0.25, -0.2) is 9.79 Å². The second-order valence-corrected chi connectivity index (χ2v) is 7.36. The van der Waals surface area contributed by atoms with E-state index < -0.39 is 10.9 Å². The Morgan fingerprint density at radius 2 is 1.91 bits per heavy atom. The SMILES string of the molecule is CCOC(=O)C1=C(O)/C(=C\c2cccc(OC)c2OC)SC1=Nc1ccc([N+](=O)[O-])cc1. The minimum atomic E-state index is -0.723. The summed E-state index contributed by atoms with van der Waals surface area (Å²) in [5.74, 6) is -0.0220. The fraction of sp³-hybridized carbons (Fsp3) is 0.182. The summed E-state index contributed by atoms with van der Waals surface area (Å²) in [7, 11) is 3.02. The van der Waals surface area contributed by atoms with Gasteiger partial charge in [-0.2, -0.15) is 0 Å². The number of hydrogen-bond acceptors (Lipinski definition) is 9. The van der Waals surface area contributed by atoms with Gasteiger partial charge in [-0.3, -0.25) is 10.1 Å². The van der Waals surface area contributed by atoms with Crippen molar-refractivity contribution in [2.24, 2.45) is 4.99 Å². The predicted molar refractivity (Wildman–Crippen MR) is 122 cm³/mol. The van der Waals surface area contributed by atoms with Crippen molar-refractivity contribution in [3.63, 3.8) is 0 Å². The maximum atomic E-state index is 12.5. The number of para-hydroxylation sites is 1. The minimum absolute atomic E-state index is 0.0803. The number of aliphatic hydroxyl groups excluding tert-OH is 1. The van der Waals surface area contributed by atoms with E-state index in [1.54, 1.807) is 31.2 Å². The second-order valence-electron chi connectivity index (χ2n) is 6.33. The Labute approximate surface area is 188 Å². The summed E-state index contributed by atoms with van der Waals surface area (Å²) in [4.78, 5) is 27.6. The van der Waals surface area contributed by atoms with E-state index in [9.17, 15) is 20.0 Å². The molecule has 0 aromatic heterocycles. The highest BCUT2D eigenvalue weighted by molar-refractivity contribution is 8.18. The van der Waals surface area contributed by atoms with Crippen LogP contribution in [-0.2, 0) is 9.53 Å². The largest absolute Gasteiger partial charge is 0.506 e. The van der Waals surface area contributed by atoms with E-state index in [2.05, 4.69) is 4.99 Å². The number of carbonyl (C=O) groups excluding carboxylic acids is 1. The first-order valence-electron chi connectivity index (χ1n) is 9.44. The number of rotatable bonds is 7. The van der Waals surface area contributed by atoms with Crippen LogP contribution in [0.4, 0.5) is 11.4 Å². The average Bonchev–Trinajstić information content (AvgIpc) is 3.08. The summed E-state index contributed by atoms with van der Waals surface area (Å²) in [6, 6.07) is 10.8. The molecule has 0 radical (unpaired) electrons. The summed E-state index contributed by atoms with van der Waals surface area (Å²) in [6.45, 7) is 1.77. The van der Waals surface area contributed by atoms with Crippen LogP contribution in [0.2, 0.25) is 0 Å². The molecule has 0 saturated heterocycles.